The first-order chi connectivity index (χ1) is 11.5. The number of pyridine rings is 1. The van der Waals surface area contributed by atoms with Crippen LogP contribution in [0.15, 0.2) is 42.6 Å². The van der Waals surface area contributed by atoms with Crippen LogP contribution >= 0.6 is 0 Å². The van der Waals surface area contributed by atoms with Crippen LogP contribution in [0.1, 0.15) is 13.3 Å². The fourth-order valence-electron chi connectivity index (χ4n) is 2.98. The van der Waals surface area contributed by atoms with E-state index in [1.165, 1.54) is 18.3 Å². The van der Waals surface area contributed by atoms with E-state index in [4.69, 9.17) is 4.74 Å². The van der Waals surface area contributed by atoms with E-state index in [1.54, 1.807) is 12.1 Å². The average molecular weight is 327 g/mol. The molecule has 0 aliphatic carbocycles. The number of anilines is 1. The summed E-state index contributed by atoms with van der Waals surface area (Å²) in [7, 11) is 0. The van der Waals surface area contributed by atoms with Gasteiger partial charge in [0, 0.05) is 24.3 Å². The van der Waals surface area contributed by atoms with Gasteiger partial charge in [-0.05, 0) is 31.5 Å². The highest BCUT2D eigenvalue weighted by molar-refractivity contribution is 6.04. The van der Waals surface area contributed by atoms with Gasteiger partial charge in [0.05, 0.1) is 22.6 Å². The topological polar surface area (TPSA) is 94.4 Å². The Morgan fingerprint density at radius 1 is 1.46 bits per heavy atom. The second-order valence-corrected chi connectivity index (χ2v) is 5.81. The van der Waals surface area contributed by atoms with Crippen LogP contribution in [-0.4, -0.2) is 28.5 Å². The van der Waals surface area contributed by atoms with E-state index in [-0.39, 0.29) is 29.1 Å². The van der Waals surface area contributed by atoms with Crippen LogP contribution in [0.2, 0.25) is 0 Å². The molecule has 1 fully saturated rings. The fourth-order valence-corrected chi connectivity index (χ4v) is 2.98. The molecule has 1 aromatic heterocycles. The maximum atomic E-state index is 12.6. The zero-order valence-electron chi connectivity index (χ0n) is 13.2. The van der Waals surface area contributed by atoms with Crippen LogP contribution in [0.3, 0.4) is 0 Å². The van der Waals surface area contributed by atoms with Gasteiger partial charge >= 0.3 is 0 Å². The SMILES string of the molecule is C=C(C)[C@H]1OCC[C@H]1C(=O)Nc1ccc([N+](=O)[O-])c2ncccc12. The lowest BCUT2D eigenvalue weighted by molar-refractivity contribution is -0.383. The second-order valence-electron chi connectivity index (χ2n) is 5.81. The summed E-state index contributed by atoms with van der Waals surface area (Å²) in [5.41, 5.74) is 1.47. The van der Waals surface area contributed by atoms with Crippen LogP contribution in [0, 0.1) is 16.0 Å². The summed E-state index contributed by atoms with van der Waals surface area (Å²) in [5, 5.41) is 14.5. The van der Waals surface area contributed by atoms with Gasteiger partial charge in [0.15, 0.2) is 0 Å². The van der Waals surface area contributed by atoms with Crippen molar-refractivity contribution >= 4 is 28.2 Å². The minimum atomic E-state index is -0.483. The number of benzene rings is 1. The number of nitrogens with one attached hydrogen (secondary N) is 1. The van der Waals surface area contributed by atoms with Crippen LogP contribution in [-0.2, 0) is 9.53 Å². The second kappa shape index (κ2) is 6.37. The molecule has 1 saturated heterocycles. The molecular formula is C17H17N3O4. The maximum Gasteiger partial charge on any atom is 0.295 e. The van der Waals surface area contributed by atoms with E-state index >= 15 is 0 Å². The highest BCUT2D eigenvalue weighted by Gasteiger charge is 2.34. The number of aromatic nitrogens is 1. The minimum Gasteiger partial charge on any atom is -0.373 e. The number of nitrogens with zero attached hydrogens (tertiary/aromatic N) is 2. The Kier molecular flexibility index (Phi) is 4.26. The van der Waals surface area contributed by atoms with E-state index in [0.29, 0.717) is 24.1 Å². The Morgan fingerprint density at radius 2 is 2.25 bits per heavy atom. The lowest BCUT2D eigenvalue weighted by atomic mass is 9.96. The zero-order chi connectivity index (χ0) is 17.3. The van der Waals surface area contributed by atoms with Gasteiger partial charge < -0.3 is 10.1 Å². The monoisotopic (exact) mass is 327 g/mol. The number of carbonyl (C=O) groups excluding carboxylic acids is 1. The molecule has 1 amide bonds. The summed E-state index contributed by atoms with van der Waals surface area (Å²) < 4.78 is 5.56. The maximum absolute atomic E-state index is 12.6. The normalized spacial score (nSPS) is 20.0. The number of non-ortho nitro benzene ring substituents is 1. The summed E-state index contributed by atoms with van der Waals surface area (Å²) in [6.07, 6.45) is 1.81. The molecule has 0 radical (unpaired) electrons. The standard InChI is InChI=1S/C17H17N3O4/c1-10(2)16-12(7-9-24-16)17(21)19-13-5-6-14(20(22)23)15-11(13)4-3-8-18-15/h3-6,8,12,16H,1,7,9H2,2H3,(H,19,21)/t12-,16-/m1/s1. The van der Waals surface area contributed by atoms with Crippen molar-refractivity contribution in [1.82, 2.24) is 4.98 Å². The summed E-state index contributed by atoms with van der Waals surface area (Å²) in [5.74, 6) is -0.496. The molecule has 1 N–H and O–H groups in total. The number of fused-ring (bicyclic) bond motifs is 1. The Balaban J connectivity index is 1.93. The lowest BCUT2D eigenvalue weighted by Gasteiger charge is -2.18. The molecule has 0 spiro atoms. The molecule has 24 heavy (non-hydrogen) atoms. The third-order valence-electron chi connectivity index (χ3n) is 4.12. The molecule has 2 atom stereocenters. The van der Waals surface area contributed by atoms with Crippen molar-refractivity contribution in [2.45, 2.75) is 19.4 Å². The number of nitro groups is 1. The van der Waals surface area contributed by atoms with Gasteiger partial charge in [-0.15, -0.1) is 0 Å². The van der Waals surface area contributed by atoms with Crippen LogP contribution in [0.4, 0.5) is 11.4 Å². The molecule has 124 valence electrons. The first-order valence-electron chi connectivity index (χ1n) is 7.59. The van der Waals surface area contributed by atoms with Crippen LogP contribution < -0.4 is 5.32 Å². The van der Waals surface area contributed by atoms with E-state index in [0.717, 1.165) is 5.57 Å². The van der Waals surface area contributed by atoms with Crippen molar-refractivity contribution in [3.05, 3.63) is 52.7 Å². The molecule has 0 unspecified atom stereocenters. The Bertz CT molecular complexity index is 834. The van der Waals surface area contributed by atoms with Gasteiger partial charge in [-0.3, -0.25) is 14.9 Å². The number of hydrogen-bond acceptors (Lipinski definition) is 5. The van der Waals surface area contributed by atoms with Gasteiger partial charge in [-0.2, -0.15) is 0 Å². The number of ether oxygens (including phenoxy) is 1. The number of amides is 1. The van der Waals surface area contributed by atoms with E-state index < -0.39 is 4.92 Å². The first kappa shape index (κ1) is 16.1. The van der Waals surface area contributed by atoms with Gasteiger partial charge in [0.2, 0.25) is 5.91 Å². The van der Waals surface area contributed by atoms with Crippen LogP contribution in [0.25, 0.3) is 10.9 Å². The van der Waals surface area contributed by atoms with E-state index in [9.17, 15) is 14.9 Å². The average Bonchev–Trinajstić information content (AvgIpc) is 3.05. The highest BCUT2D eigenvalue weighted by atomic mass is 16.6. The molecule has 2 heterocycles. The summed E-state index contributed by atoms with van der Waals surface area (Å²) in [4.78, 5) is 27.3. The number of rotatable bonds is 4. The Labute approximate surface area is 138 Å². The minimum absolute atomic E-state index is 0.0902. The van der Waals surface area contributed by atoms with Gasteiger partial charge in [0.25, 0.3) is 5.69 Å². The molecule has 0 bridgehead atoms. The van der Waals surface area contributed by atoms with Gasteiger partial charge in [-0.25, -0.2) is 4.98 Å². The van der Waals surface area contributed by atoms with Crippen molar-refractivity contribution in [3.8, 4) is 0 Å². The molecular weight excluding hydrogens is 310 g/mol. The summed E-state index contributed by atoms with van der Waals surface area (Å²) in [6, 6.07) is 6.27. The Hall–Kier alpha value is -2.80. The summed E-state index contributed by atoms with van der Waals surface area (Å²) in [6.45, 7) is 6.21. The lowest BCUT2D eigenvalue weighted by Crippen LogP contribution is -2.30. The summed E-state index contributed by atoms with van der Waals surface area (Å²) >= 11 is 0. The molecule has 0 saturated carbocycles. The number of nitro benzene ring substituents is 1. The predicted octanol–water partition coefficient (Wildman–Crippen LogP) is 3.06. The van der Waals surface area contributed by atoms with Crippen LogP contribution in [0.5, 0.6) is 0 Å². The molecule has 1 aliphatic rings. The zero-order valence-corrected chi connectivity index (χ0v) is 13.2. The number of carbonyl (C=O) groups is 1. The third kappa shape index (κ3) is 2.85. The highest BCUT2D eigenvalue weighted by Crippen LogP contribution is 2.32. The van der Waals surface area contributed by atoms with Crippen molar-refractivity contribution < 1.29 is 14.5 Å². The molecule has 1 aliphatic heterocycles. The molecule has 1 aromatic carbocycles. The quantitative estimate of drug-likeness (QED) is 0.529. The molecule has 7 nitrogen and oxygen atoms in total. The first-order valence-corrected chi connectivity index (χ1v) is 7.59. The smallest absolute Gasteiger partial charge is 0.295 e. The van der Waals surface area contributed by atoms with Gasteiger partial charge in [-0.1, -0.05) is 12.2 Å². The fraction of sp³-hybridized carbons (Fsp3) is 0.294. The molecule has 3 rings (SSSR count). The van der Waals surface area contributed by atoms with E-state index in [1.807, 2.05) is 6.92 Å². The van der Waals surface area contributed by atoms with Crippen molar-refractivity contribution in [3.63, 3.8) is 0 Å². The van der Waals surface area contributed by atoms with Gasteiger partial charge in [0.1, 0.15) is 5.52 Å². The van der Waals surface area contributed by atoms with Crippen molar-refractivity contribution in [1.29, 1.82) is 0 Å². The Morgan fingerprint density at radius 3 is 2.96 bits per heavy atom. The number of hydrogen-bond donors (Lipinski definition) is 1. The van der Waals surface area contributed by atoms with E-state index in [2.05, 4.69) is 16.9 Å². The van der Waals surface area contributed by atoms with Crippen molar-refractivity contribution in [2.24, 2.45) is 5.92 Å². The third-order valence-corrected chi connectivity index (χ3v) is 4.12. The predicted molar refractivity (Wildman–Crippen MR) is 89.7 cm³/mol. The van der Waals surface area contributed by atoms with Crippen molar-refractivity contribution in [2.75, 3.05) is 11.9 Å². The molecule has 7 heteroatoms. The largest absolute Gasteiger partial charge is 0.373 e. The molecule has 2 aromatic rings.